The highest BCUT2D eigenvalue weighted by atomic mass is 127. The van der Waals surface area contributed by atoms with E-state index in [2.05, 4.69) is 27.6 Å². The van der Waals surface area contributed by atoms with Gasteiger partial charge >= 0.3 is 0 Å². The molecule has 0 rings (SSSR count). The molecule has 0 aliphatic heterocycles. The Labute approximate surface area is 75.2 Å². The van der Waals surface area contributed by atoms with Gasteiger partial charge < -0.3 is 5.11 Å². The second kappa shape index (κ2) is 7.21. The number of aliphatic hydroxyl groups excluding tert-OH is 1. The third-order valence-electron chi connectivity index (χ3n) is 1.10. The Hall–Kier alpha value is 0.1000. The summed E-state index contributed by atoms with van der Waals surface area (Å²) in [6, 6.07) is 0. The predicted octanol–water partition coefficient (Wildman–Crippen LogP) is 1.63. The van der Waals surface area contributed by atoms with Crippen LogP contribution in [0.5, 0.6) is 0 Å². The van der Waals surface area contributed by atoms with Crippen LogP contribution in [0.4, 0.5) is 0 Å². The summed E-state index contributed by atoms with van der Waals surface area (Å²) >= 11 is 2.13. The van der Waals surface area contributed by atoms with Crippen LogP contribution in [0.2, 0.25) is 0 Å². The van der Waals surface area contributed by atoms with Crippen molar-refractivity contribution in [2.45, 2.75) is 6.92 Å². The summed E-state index contributed by atoms with van der Waals surface area (Å²) in [4.78, 5) is 4.02. The first-order chi connectivity index (χ1) is 4.85. The molecular formula is C7H12INO. The molecule has 0 aromatic carbocycles. The summed E-state index contributed by atoms with van der Waals surface area (Å²) in [7, 11) is 0. The molecule has 1 atom stereocenters. The molecule has 0 radical (unpaired) electrons. The maximum Gasteiger partial charge on any atom is 0.0511 e. The van der Waals surface area contributed by atoms with Gasteiger partial charge in [-0.3, -0.25) is 4.99 Å². The summed E-state index contributed by atoms with van der Waals surface area (Å²) < 4.78 is 1.91. The zero-order valence-electron chi connectivity index (χ0n) is 6.00. The molecule has 0 saturated heterocycles. The van der Waals surface area contributed by atoms with E-state index in [-0.39, 0.29) is 12.5 Å². The van der Waals surface area contributed by atoms with Crippen LogP contribution in [0.1, 0.15) is 6.92 Å². The average molecular weight is 253 g/mol. The summed E-state index contributed by atoms with van der Waals surface area (Å²) in [5, 5.41) is 8.76. The van der Waals surface area contributed by atoms with E-state index in [4.69, 9.17) is 5.11 Å². The Morgan fingerprint density at radius 1 is 1.70 bits per heavy atom. The van der Waals surface area contributed by atoms with Gasteiger partial charge in [0.15, 0.2) is 0 Å². The lowest BCUT2D eigenvalue weighted by molar-refractivity contribution is 0.256. The minimum Gasteiger partial charge on any atom is -0.396 e. The molecule has 0 aromatic rings. The van der Waals surface area contributed by atoms with E-state index in [1.54, 1.807) is 6.21 Å². The van der Waals surface area contributed by atoms with E-state index in [0.717, 1.165) is 0 Å². The molecule has 10 heavy (non-hydrogen) atoms. The van der Waals surface area contributed by atoms with Gasteiger partial charge in [0.2, 0.25) is 0 Å². The Morgan fingerprint density at radius 2 is 2.40 bits per heavy atom. The van der Waals surface area contributed by atoms with Crippen LogP contribution in [0.3, 0.4) is 0 Å². The van der Waals surface area contributed by atoms with Crippen molar-refractivity contribution >= 4 is 28.8 Å². The Kier molecular flexibility index (Phi) is 7.28. The van der Waals surface area contributed by atoms with Crippen molar-refractivity contribution in [3.8, 4) is 0 Å². The minimum absolute atomic E-state index is 0.177. The highest BCUT2D eigenvalue weighted by molar-refractivity contribution is 14.1. The van der Waals surface area contributed by atoms with Crippen molar-refractivity contribution in [1.82, 2.24) is 0 Å². The largest absolute Gasteiger partial charge is 0.396 e. The molecule has 2 nitrogen and oxygen atoms in total. The molecule has 0 aliphatic carbocycles. The zero-order valence-corrected chi connectivity index (χ0v) is 8.15. The van der Waals surface area contributed by atoms with Crippen molar-refractivity contribution in [2.75, 3.05) is 13.2 Å². The van der Waals surface area contributed by atoms with Gasteiger partial charge in [-0.2, -0.15) is 0 Å². The molecule has 1 unspecified atom stereocenters. The van der Waals surface area contributed by atoms with E-state index in [0.29, 0.717) is 6.54 Å². The van der Waals surface area contributed by atoms with Crippen molar-refractivity contribution in [3.63, 3.8) is 0 Å². The van der Waals surface area contributed by atoms with Crippen LogP contribution < -0.4 is 0 Å². The number of hydrogen-bond acceptors (Lipinski definition) is 2. The standard InChI is InChI=1S/C7H12INO/c1-2-9-5-7(6-10)3-4-8/h2-4,7,10H,5-6H2,1H3/b4-3-,9-2+. The van der Waals surface area contributed by atoms with E-state index < -0.39 is 0 Å². The lowest BCUT2D eigenvalue weighted by atomic mass is 10.2. The molecular weight excluding hydrogens is 241 g/mol. The number of aliphatic hydroxyl groups is 1. The zero-order chi connectivity index (χ0) is 7.82. The van der Waals surface area contributed by atoms with Crippen LogP contribution in [-0.2, 0) is 0 Å². The van der Waals surface area contributed by atoms with Crippen molar-refractivity contribution in [1.29, 1.82) is 0 Å². The van der Waals surface area contributed by atoms with Gasteiger partial charge in [-0.05, 0) is 17.2 Å². The Bertz CT molecular complexity index is 123. The number of nitrogens with zero attached hydrogens (tertiary/aromatic N) is 1. The quantitative estimate of drug-likeness (QED) is 0.599. The molecule has 3 heteroatoms. The number of hydrogen-bond donors (Lipinski definition) is 1. The fraction of sp³-hybridized carbons (Fsp3) is 0.571. The number of aliphatic imine (C=N–C) groups is 1. The first kappa shape index (κ1) is 10.1. The molecule has 0 fully saturated rings. The van der Waals surface area contributed by atoms with Crippen molar-refractivity contribution < 1.29 is 5.11 Å². The van der Waals surface area contributed by atoms with Crippen molar-refractivity contribution in [2.24, 2.45) is 10.9 Å². The van der Waals surface area contributed by atoms with E-state index in [9.17, 15) is 0 Å². The van der Waals surface area contributed by atoms with Crippen LogP contribution >= 0.6 is 22.6 Å². The van der Waals surface area contributed by atoms with Crippen LogP contribution in [0.25, 0.3) is 0 Å². The van der Waals surface area contributed by atoms with Crippen LogP contribution in [0, 0.1) is 5.92 Å². The average Bonchev–Trinajstić information content (AvgIpc) is 1.98. The van der Waals surface area contributed by atoms with Gasteiger partial charge in [-0.25, -0.2) is 0 Å². The maximum absolute atomic E-state index is 8.76. The molecule has 0 spiro atoms. The molecule has 0 bridgehead atoms. The van der Waals surface area contributed by atoms with E-state index >= 15 is 0 Å². The van der Waals surface area contributed by atoms with Gasteiger partial charge in [-0.1, -0.05) is 28.7 Å². The summed E-state index contributed by atoms with van der Waals surface area (Å²) in [6.45, 7) is 2.74. The summed E-state index contributed by atoms with van der Waals surface area (Å²) in [6.07, 6.45) is 3.71. The highest BCUT2D eigenvalue weighted by Gasteiger charge is 1.98. The summed E-state index contributed by atoms with van der Waals surface area (Å²) in [5.41, 5.74) is 0. The fourth-order valence-electron chi connectivity index (χ4n) is 0.523. The molecule has 0 saturated carbocycles. The second-order valence-corrected chi connectivity index (χ2v) is 2.60. The first-order valence-corrected chi connectivity index (χ1v) is 4.42. The third kappa shape index (κ3) is 4.93. The highest BCUT2D eigenvalue weighted by Crippen LogP contribution is 2.00. The van der Waals surface area contributed by atoms with Gasteiger partial charge in [0.05, 0.1) is 6.61 Å². The fourth-order valence-corrected chi connectivity index (χ4v) is 1.11. The van der Waals surface area contributed by atoms with Gasteiger partial charge in [0.1, 0.15) is 0 Å². The molecule has 0 aromatic heterocycles. The van der Waals surface area contributed by atoms with Gasteiger partial charge in [0, 0.05) is 12.5 Å². The van der Waals surface area contributed by atoms with Crippen molar-refractivity contribution in [3.05, 3.63) is 10.2 Å². The van der Waals surface area contributed by atoms with Crippen LogP contribution in [-0.4, -0.2) is 24.5 Å². The first-order valence-electron chi connectivity index (χ1n) is 3.17. The predicted molar refractivity (Wildman–Crippen MR) is 52.8 cm³/mol. The molecule has 1 N–H and O–H groups in total. The minimum atomic E-state index is 0.177. The smallest absolute Gasteiger partial charge is 0.0511 e. The molecule has 0 amide bonds. The Morgan fingerprint density at radius 3 is 2.80 bits per heavy atom. The summed E-state index contributed by atoms with van der Waals surface area (Å²) in [5.74, 6) is 0.188. The van der Waals surface area contributed by atoms with Gasteiger partial charge in [0.25, 0.3) is 0 Å². The topological polar surface area (TPSA) is 32.6 Å². The lowest BCUT2D eigenvalue weighted by Gasteiger charge is -2.02. The molecule has 58 valence electrons. The number of rotatable bonds is 4. The number of halogens is 1. The van der Waals surface area contributed by atoms with E-state index in [1.165, 1.54) is 0 Å². The van der Waals surface area contributed by atoms with Gasteiger partial charge in [-0.15, -0.1) is 0 Å². The monoisotopic (exact) mass is 253 g/mol. The SMILES string of the molecule is C/C=N/CC(/C=C\I)CO. The Balaban J connectivity index is 3.60. The lowest BCUT2D eigenvalue weighted by Crippen LogP contribution is -2.05. The maximum atomic E-state index is 8.76. The third-order valence-corrected chi connectivity index (χ3v) is 1.52. The second-order valence-electron chi connectivity index (χ2n) is 1.88. The molecule has 0 aliphatic rings. The van der Waals surface area contributed by atoms with Crippen LogP contribution in [0.15, 0.2) is 15.2 Å². The normalized spacial score (nSPS) is 15.1. The van der Waals surface area contributed by atoms with E-state index in [1.807, 2.05) is 17.1 Å². The molecule has 0 heterocycles.